The van der Waals surface area contributed by atoms with Crippen molar-refractivity contribution in [3.05, 3.63) is 101 Å². The number of carboxylic acids is 1. The first-order valence-corrected chi connectivity index (χ1v) is 12.0. The lowest BCUT2D eigenvalue weighted by atomic mass is 10.1. The highest BCUT2D eigenvalue weighted by Crippen LogP contribution is 2.30. The van der Waals surface area contributed by atoms with E-state index in [9.17, 15) is 14.7 Å². The minimum atomic E-state index is -1.22. The van der Waals surface area contributed by atoms with Gasteiger partial charge in [-0.2, -0.15) is 0 Å². The third-order valence-corrected chi connectivity index (χ3v) is 6.27. The van der Waals surface area contributed by atoms with Crippen LogP contribution in [0.2, 0.25) is 0 Å². The van der Waals surface area contributed by atoms with Crippen LogP contribution in [0.4, 0.5) is 0 Å². The van der Waals surface area contributed by atoms with Crippen molar-refractivity contribution in [2.45, 2.75) is 6.61 Å². The van der Waals surface area contributed by atoms with E-state index >= 15 is 0 Å². The first kappa shape index (κ1) is 23.7. The molecule has 3 aromatic carbocycles. The van der Waals surface area contributed by atoms with E-state index in [1.807, 2.05) is 36.4 Å². The molecule has 0 aliphatic rings. The first-order valence-electron chi connectivity index (χ1n) is 9.01. The van der Waals surface area contributed by atoms with Crippen LogP contribution >= 0.6 is 61.1 Å². The number of amides is 1. The van der Waals surface area contributed by atoms with Gasteiger partial charge >= 0.3 is 5.97 Å². The van der Waals surface area contributed by atoms with E-state index in [1.54, 1.807) is 30.3 Å². The maximum absolute atomic E-state index is 12.3. The molecule has 0 heterocycles. The summed E-state index contributed by atoms with van der Waals surface area (Å²) >= 11 is 7.73. The molecule has 0 aliphatic carbocycles. The summed E-state index contributed by atoms with van der Waals surface area (Å²) in [5.74, 6) is -0.968. The number of nitrogens with one attached hydrogen (secondary N) is 1. The molecule has 0 radical (unpaired) electrons. The lowest BCUT2D eigenvalue weighted by Gasteiger charge is -2.12. The van der Waals surface area contributed by atoms with Crippen LogP contribution in [0.3, 0.4) is 0 Å². The van der Waals surface area contributed by atoms with Crippen molar-refractivity contribution in [3.8, 4) is 5.75 Å². The average Bonchev–Trinajstić information content (AvgIpc) is 2.74. The Kier molecular flexibility index (Phi) is 8.50. The summed E-state index contributed by atoms with van der Waals surface area (Å²) in [7, 11) is 0. The van der Waals surface area contributed by atoms with E-state index in [2.05, 4.69) is 66.4 Å². The second-order valence-corrected chi connectivity index (χ2v) is 9.65. The molecule has 158 valence electrons. The molecule has 3 aromatic rings. The number of hydrogen-bond acceptors (Lipinski definition) is 3. The monoisotopic (exact) mass is 703 g/mol. The molecule has 0 aromatic heterocycles. The third kappa shape index (κ3) is 6.78. The van der Waals surface area contributed by atoms with Gasteiger partial charge in [-0.25, -0.2) is 4.79 Å². The van der Waals surface area contributed by atoms with Gasteiger partial charge in [-0.05, 0) is 98.8 Å². The second-order valence-electron chi connectivity index (χ2n) is 6.41. The first-order chi connectivity index (χ1) is 14.8. The molecular formula is C23H16BrI2NO4. The smallest absolute Gasteiger partial charge is 0.352 e. The van der Waals surface area contributed by atoms with Crippen molar-refractivity contribution in [1.29, 1.82) is 0 Å². The minimum absolute atomic E-state index is 0.205. The number of carbonyl (C=O) groups is 2. The van der Waals surface area contributed by atoms with Crippen molar-refractivity contribution < 1.29 is 19.4 Å². The van der Waals surface area contributed by atoms with Gasteiger partial charge in [0.1, 0.15) is 18.1 Å². The normalized spacial score (nSPS) is 11.1. The minimum Gasteiger partial charge on any atom is -0.487 e. The van der Waals surface area contributed by atoms with Crippen molar-refractivity contribution in [3.63, 3.8) is 0 Å². The van der Waals surface area contributed by atoms with Crippen molar-refractivity contribution >= 4 is 79.1 Å². The van der Waals surface area contributed by atoms with E-state index < -0.39 is 11.9 Å². The standard InChI is InChI=1S/C23H16BrI2NO4/c24-17-8-6-14(7-9-17)13-31-21-18(25)10-15(11-19(21)26)12-20(23(29)30)27-22(28)16-4-2-1-3-5-16/h1-12H,13H2,(H,27,28)(H,29,30)/b20-12+. The number of rotatable bonds is 7. The highest BCUT2D eigenvalue weighted by atomic mass is 127. The molecule has 31 heavy (non-hydrogen) atoms. The Hall–Kier alpha value is -1.92. The van der Waals surface area contributed by atoms with Gasteiger partial charge in [0, 0.05) is 10.0 Å². The van der Waals surface area contributed by atoms with Gasteiger partial charge in [0.15, 0.2) is 0 Å². The highest BCUT2D eigenvalue weighted by molar-refractivity contribution is 14.1. The Bertz CT molecular complexity index is 1110. The molecule has 0 fully saturated rings. The van der Waals surface area contributed by atoms with Crippen LogP contribution in [0.15, 0.2) is 76.9 Å². The number of ether oxygens (including phenoxy) is 1. The van der Waals surface area contributed by atoms with Crippen molar-refractivity contribution in [2.24, 2.45) is 0 Å². The molecule has 5 nitrogen and oxygen atoms in total. The number of hydrogen-bond donors (Lipinski definition) is 2. The number of aliphatic carboxylic acids is 1. The summed E-state index contributed by atoms with van der Waals surface area (Å²) in [5, 5.41) is 12.0. The number of carboxylic acid groups (broad SMARTS) is 1. The summed E-state index contributed by atoms with van der Waals surface area (Å²) in [5.41, 5.74) is 1.87. The molecule has 8 heteroatoms. The van der Waals surface area contributed by atoms with Crippen LogP contribution in [0.5, 0.6) is 5.75 Å². The summed E-state index contributed by atoms with van der Waals surface area (Å²) < 4.78 is 8.67. The Labute approximate surface area is 215 Å². The molecule has 0 spiro atoms. The van der Waals surface area contributed by atoms with Crippen molar-refractivity contribution in [1.82, 2.24) is 5.32 Å². The van der Waals surface area contributed by atoms with E-state index in [0.717, 1.165) is 22.9 Å². The van der Waals surface area contributed by atoms with E-state index in [0.29, 0.717) is 17.7 Å². The van der Waals surface area contributed by atoms with Gasteiger partial charge in [0.05, 0.1) is 7.14 Å². The van der Waals surface area contributed by atoms with E-state index in [1.165, 1.54) is 6.08 Å². The van der Waals surface area contributed by atoms with Gasteiger partial charge in [0.25, 0.3) is 5.91 Å². The lowest BCUT2D eigenvalue weighted by Crippen LogP contribution is -2.27. The van der Waals surface area contributed by atoms with Crippen LogP contribution < -0.4 is 10.1 Å². The Morgan fingerprint density at radius 2 is 1.61 bits per heavy atom. The fourth-order valence-corrected chi connectivity index (χ4v) is 5.03. The summed E-state index contributed by atoms with van der Waals surface area (Å²) in [6.45, 7) is 0.419. The Morgan fingerprint density at radius 3 is 2.19 bits per heavy atom. The quantitative estimate of drug-likeness (QED) is 0.231. The molecule has 2 N–H and O–H groups in total. The van der Waals surface area contributed by atoms with Gasteiger partial charge in [-0.15, -0.1) is 0 Å². The zero-order valence-corrected chi connectivity index (χ0v) is 21.8. The predicted molar refractivity (Wildman–Crippen MR) is 140 cm³/mol. The zero-order chi connectivity index (χ0) is 22.4. The topological polar surface area (TPSA) is 75.6 Å². The lowest BCUT2D eigenvalue weighted by molar-refractivity contribution is -0.132. The van der Waals surface area contributed by atoms with Crippen LogP contribution in [0, 0.1) is 7.14 Å². The maximum Gasteiger partial charge on any atom is 0.352 e. The zero-order valence-electron chi connectivity index (χ0n) is 15.9. The SMILES string of the molecule is O=C(O)/C(=C\c1cc(I)c(OCc2ccc(Br)cc2)c(I)c1)NC(=O)c1ccccc1. The Morgan fingerprint density at radius 1 is 1.00 bits per heavy atom. The van der Waals surface area contributed by atoms with Crippen molar-refractivity contribution in [2.75, 3.05) is 0 Å². The van der Waals surface area contributed by atoms with Gasteiger partial charge in [-0.1, -0.05) is 46.3 Å². The molecule has 0 atom stereocenters. The third-order valence-electron chi connectivity index (χ3n) is 4.14. The fourth-order valence-electron chi connectivity index (χ4n) is 2.64. The maximum atomic E-state index is 12.3. The largest absolute Gasteiger partial charge is 0.487 e. The molecule has 0 saturated carbocycles. The number of benzene rings is 3. The molecule has 0 unspecified atom stereocenters. The van der Waals surface area contributed by atoms with Gasteiger partial charge in [-0.3, -0.25) is 4.79 Å². The molecule has 3 rings (SSSR count). The molecular weight excluding hydrogens is 688 g/mol. The molecule has 1 amide bonds. The average molecular weight is 704 g/mol. The van der Waals surface area contributed by atoms with Gasteiger partial charge in [0.2, 0.25) is 0 Å². The Balaban J connectivity index is 1.79. The molecule has 0 aliphatic heterocycles. The summed E-state index contributed by atoms with van der Waals surface area (Å²) in [4.78, 5) is 24.0. The van der Waals surface area contributed by atoms with Crippen LogP contribution in [0.1, 0.15) is 21.5 Å². The van der Waals surface area contributed by atoms with Crippen LogP contribution in [-0.2, 0) is 11.4 Å². The summed E-state index contributed by atoms with van der Waals surface area (Å²) in [6, 6.07) is 20.0. The highest BCUT2D eigenvalue weighted by Gasteiger charge is 2.15. The van der Waals surface area contributed by atoms with Crippen LogP contribution in [-0.4, -0.2) is 17.0 Å². The van der Waals surface area contributed by atoms with Crippen LogP contribution in [0.25, 0.3) is 6.08 Å². The van der Waals surface area contributed by atoms with E-state index in [4.69, 9.17) is 4.74 Å². The molecule has 0 bridgehead atoms. The summed E-state index contributed by atoms with van der Waals surface area (Å²) in [6.07, 6.45) is 1.44. The van der Waals surface area contributed by atoms with E-state index in [-0.39, 0.29) is 5.70 Å². The predicted octanol–water partition coefficient (Wildman–Crippen LogP) is 6.09. The fraction of sp³-hybridized carbons (Fsp3) is 0.0435. The second kappa shape index (κ2) is 11.1. The van der Waals surface area contributed by atoms with Gasteiger partial charge < -0.3 is 15.2 Å². The molecule has 0 saturated heterocycles. The number of carbonyl (C=O) groups excluding carboxylic acids is 1. The number of halogens is 3.